The molecule has 1 aliphatic heterocycles. The Morgan fingerprint density at radius 2 is 1.69 bits per heavy atom. The number of rotatable bonds is 3. The number of phenolic OH excluding ortho intramolecular Hbond substituents is 1. The highest BCUT2D eigenvalue weighted by Crippen LogP contribution is 2.55. The Balaban J connectivity index is 1.46. The molecule has 2 aromatic carbocycles. The molecule has 0 unspecified atom stereocenters. The molecule has 4 aliphatic rings. The van der Waals surface area contributed by atoms with E-state index in [1.807, 2.05) is 6.08 Å². The van der Waals surface area contributed by atoms with Gasteiger partial charge in [0.1, 0.15) is 5.75 Å². The molecule has 196 valence electrons. The van der Waals surface area contributed by atoms with E-state index >= 15 is 0 Å². The van der Waals surface area contributed by atoms with E-state index < -0.39 is 34.5 Å². The van der Waals surface area contributed by atoms with Crippen LogP contribution in [0.4, 0.5) is 11.4 Å². The molecule has 6 rings (SSSR count). The number of phenols is 1. The molecule has 0 saturated carbocycles. The quantitative estimate of drug-likeness (QED) is 0.209. The summed E-state index contributed by atoms with van der Waals surface area (Å²) in [5.74, 6) is -3.63. The van der Waals surface area contributed by atoms with E-state index in [0.717, 1.165) is 16.0 Å². The van der Waals surface area contributed by atoms with E-state index in [1.165, 1.54) is 30.3 Å². The lowest BCUT2D eigenvalue weighted by atomic mass is 9.59. The van der Waals surface area contributed by atoms with Gasteiger partial charge >= 0.3 is 0 Å². The third kappa shape index (κ3) is 3.60. The van der Waals surface area contributed by atoms with Gasteiger partial charge in [0, 0.05) is 34.8 Å². The standard InChI is InChI=1S/C30H24N2O7/c1-14-11-16(3-10-23(14)33)25-19-8-9-20-26(21(19)13-22-24(34)12-15(2)28(35)27(22)25)30(37)31(29(20)36)17-4-6-18(7-5-17)32(38)39/h3-8,10-12,20-21,25-26,33H,9,13H2,1-2H3/t20-,21+,25-,26-/m0/s1. The number of anilines is 1. The Labute approximate surface area is 223 Å². The van der Waals surface area contributed by atoms with Crippen molar-refractivity contribution in [3.05, 3.63) is 98.2 Å². The average molecular weight is 525 g/mol. The smallest absolute Gasteiger partial charge is 0.269 e. The second kappa shape index (κ2) is 8.69. The molecule has 0 radical (unpaired) electrons. The molecular formula is C30H24N2O7. The first kappa shape index (κ1) is 24.7. The van der Waals surface area contributed by atoms with Gasteiger partial charge in [-0.25, -0.2) is 0 Å². The SMILES string of the molecule is CC1=CC(=O)C2=C(C1=O)[C@@H](c1ccc(O)c(C)c1)C1=CC[C@@H]3C(=O)N(c4ccc([N+](=O)[O-])cc4)C(=O)[C@@H]3[C@@H]1C2. The monoisotopic (exact) mass is 524 g/mol. The van der Waals surface area contributed by atoms with E-state index in [2.05, 4.69) is 0 Å². The van der Waals surface area contributed by atoms with Gasteiger partial charge in [0.25, 0.3) is 5.69 Å². The van der Waals surface area contributed by atoms with E-state index in [0.29, 0.717) is 22.3 Å². The number of hydrogen-bond acceptors (Lipinski definition) is 7. The molecule has 4 atom stereocenters. The molecule has 1 heterocycles. The zero-order chi connectivity index (χ0) is 27.7. The maximum atomic E-state index is 13.9. The van der Waals surface area contributed by atoms with Crippen LogP contribution in [-0.4, -0.2) is 33.4 Å². The predicted octanol–water partition coefficient (Wildman–Crippen LogP) is 4.24. The number of allylic oxidation sites excluding steroid dienone is 6. The van der Waals surface area contributed by atoms with Crippen LogP contribution in [0.5, 0.6) is 5.75 Å². The Morgan fingerprint density at radius 3 is 2.36 bits per heavy atom. The number of nitrogens with zero attached hydrogens (tertiary/aromatic N) is 2. The van der Waals surface area contributed by atoms with Crippen molar-refractivity contribution in [3.63, 3.8) is 0 Å². The normalized spacial score (nSPS) is 26.2. The number of hydrogen-bond donors (Lipinski definition) is 1. The number of imide groups is 1. The minimum absolute atomic E-state index is 0.107. The lowest BCUT2D eigenvalue weighted by molar-refractivity contribution is -0.384. The largest absolute Gasteiger partial charge is 0.508 e. The van der Waals surface area contributed by atoms with Gasteiger partial charge in [-0.2, -0.15) is 0 Å². The van der Waals surface area contributed by atoms with E-state index in [4.69, 9.17) is 0 Å². The van der Waals surface area contributed by atoms with Crippen LogP contribution in [0.25, 0.3) is 0 Å². The highest BCUT2D eigenvalue weighted by molar-refractivity contribution is 6.25. The highest BCUT2D eigenvalue weighted by Gasteiger charge is 2.56. The molecule has 0 aromatic heterocycles. The number of aryl methyl sites for hydroxylation is 1. The zero-order valence-electron chi connectivity index (χ0n) is 21.2. The highest BCUT2D eigenvalue weighted by atomic mass is 16.6. The van der Waals surface area contributed by atoms with Crippen molar-refractivity contribution in [3.8, 4) is 5.75 Å². The number of aromatic hydroxyl groups is 1. The molecule has 39 heavy (non-hydrogen) atoms. The zero-order valence-corrected chi connectivity index (χ0v) is 21.2. The van der Waals surface area contributed by atoms with Crippen LogP contribution in [0.2, 0.25) is 0 Å². The summed E-state index contributed by atoms with van der Waals surface area (Å²) in [6, 6.07) is 10.4. The maximum absolute atomic E-state index is 13.9. The summed E-state index contributed by atoms with van der Waals surface area (Å²) in [5, 5.41) is 21.2. The van der Waals surface area contributed by atoms with Gasteiger partial charge in [-0.3, -0.25) is 34.2 Å². The van der Waals surface area contributed by atoms with Crippen molar-refractivity contribution in [2.45, 2.75) is 32.6 Å². The predicted molar refractivity (Wildman–Crippen MR) is 140 cm³/mol. The molecular weight excluding hydrogens is 500 g/mol. The number of nitro benzene ring substituents is 1. The first-order chi connectivity index (χ1) is 18.6. The first-order valence-corrected chi connectivity index (χ1v) is 12.7. The van der Waals surface area contributed by atoms with Crippen molar-refractivity contribution in [2.75, 3.05) is 4.90 Å². The fourth-order valence-electron chi connectivity index (χ4n) is 6.58. The van der Waals surface area contributed by atoms with Crippen LogP contribution in [-0.2, 0) is 19.2 Å². The van der Waals surface area contributed by atoms with E-state index in [9.17, 15) is 34.4 Å². The minimum Gasteiger partial charge on any atom is -0.508 e. The van der Waals surface area contributed by atoms with E-state index in [1.54, 1.807) is 32.0 Å². The summed E-state index contributed by atoms with van der Waals surface area (Å²) in [4.78, 5) is 65.6. The van der Waals surface area contributed by atoms with Crippen LogP contribution >= 0.6 is 0 Å². The molecule has 3 aliphatic carbocycles. The minimum atomic E-state index is -0.739. The molecule has 0 bridgehead atoms. The van der Waals surface area contributed by atoms with Crippen LogP contribution in [0, 0.1) is 34.8 Å². The average Bonchev–Trinajstić information content (AvgIpc) is 3.17. The first-order valence-electron chi connectivity index (χ1n) is 12.7. The van der Waals surface area contributed by atoms with Crippen molar-refractivity contribution in [1.82, 2.24) is 0 Å². The molecule has 2 aromatic rings. The Morgan fingerprint density at radius 1 is 0.974 bits per heavy atom. The van der Waals surface area contributed by atoms with Crippen LogP contribution < -0.4 is 4.90 Å². The fraction of sp³-hybridized carbons (Fsp3) is 0.267. The summed E-state index contributed by atoms with van der Waals surface area (Å²) in [7, 11) is 0. The topological polar surface area (TPSA) is 135 Å². The molecule has 0 spiro atoms. The number of amides is 2. The molecule has 2 amide bonds. The molecule has 9 nitrogen and oxygen atoms in total. The Bertz CT molecular complexity index is 1610. The lowest BCUT2D eigenvalue weighted by Crippen LogP contribution is -2.39. The van der Waals surface area contributed by atoms with Gasteiger partial charge in [0.05, 0.1) is 22.4 Å². The summed E-state index contributed by atoms with van der Waals surface area (Å²) in [6.45, 7) is 3.36. The van der Waals surface area contributed by atoms with Gasteiger partial charge in [-0.05, 0) is 68.0 Å². The molecule has 1 saturated heterocycles. The number of carbonyl (C=O) groups is 4. The van der Waals surface area contributed by atoms with Crippen LogP contribution in [0.15, 0.2) is 76.9 Å². The lowest BCUT2D eigenvalue weighted by Gasteiger charge is -2.42. The maximum Gasteiger partial charge on any atom is 0.269 e. The van der Waals surface area contributed by atoms with Gasteiger partial charge < -0.3 is 5.11 Å². The van der Waals surface area contributed by atoms with Crippen LogP contribution in [0.3, 0.4) is 0 Å². The van der Waals surface area contributed by atoms with Crippen LogP contribution in [0.1, 0.15) is 36.8 Å². The van der Waals surface area contributed by atoms with Crippen molar-refractivity contribution < 1.29 is 29.2 Å². The Kier molecular flexibility index (Phi) is 5.50. The van der Waals surface area contributed by atoms with Gasteiger partial charge in [0.2, 0.25) is 11.8 Å². The third-order valence-corrected chi connectivity index (χ3v) is 8.44. The van der Waals surface area contributed by atoms with E-state index in [-0.39, 0.29) is 47.4 Å². The molecule has 1 N–H and O–H groups in total. The van der Waals surface area contributed by atoms with Crippen molar-refractivity contribution >= 4 is 34.8 Å². The fourth-order valence-corrected chi connectivity index (χ4v) is 6.58. The van der Waals surface area contributed by atoms with Gasteiger partial charge in [-0.15, -0.1) is 0 Å². The summed E-state index contributed by atoms with van der Waals surface area (Å²) < 4.78 is 0. The number of ketones is 2. The number of benzene rings is 2. The number of nitro groups is 1. The number of non-ortho nitro benzene ring substituents is 1. The summed E-state index contributed by atoms with van der Waals surface area (Å²) in [6.07, 6.45) is 3.72. The summed E-state index contributed by atoms with van der Waals surface area (Å²) in [5.41, 5.74) is 3.38. The van der Waals surface area contributed by atoms with Crippen molar-refractivity contribution in [1.29, 1.82) is 0 Å². The number of Topliss-reactive ketones (excluding diaryl/α,β-unsaturated/α-hetero) is 1. The van der Waals surface area contributed by atoms with Gasteiger partial charge in [-0.1, -0.05) is 23.8 Å². The molecule has 1 fully saturated rings. The molecule has 9 heteroatoms. The number of fused-ring (bicyclic) bond motifs is 3. The Hall–Kier alpha value is -4.66. The van der Waals surface area contributed by atoms with Gasteiger partial charge in [0.15, 0.2) is 11.6 Å². The van der Waals surface area contributed by atoms with Crippen molar-refractivity contribution in [2.24, 2.45) is 17.8 Å². The summed E-state index contributed by atoms with van der Waals surface area (Å²) >= 11 is 0. The third-order valence-electron chi connectivity index (χ3n) is 8.44. The second-order valence-electron chi connectivity index (χ2n) is 10.6. The second-order valence-corrected chi connectivity index (χ2v) is 10.6. The number of carbonyl (C=O) groups excluding carboxylic acids is 4.